The maximum Gasteiger partial charge on any atom is 0.326 e. The number of nitrogens with one attached hydrogen (secondary N) is 2. The minimum atomic E-state index is -0.457. The number of benzene rings is 1. The fourth-order valence-electron chi connectivity index (χ4n) is 4.00. The lowest BCUT2D eigenvalue weighted by atomic mass is 9.93. The zero-order chi connectivity index (χ0) is 24.7. The van der Waals surface area contributed by atoms with Crippen LogP contribution in [0.15, 0.2) is 34.9 Å². The number of fused-ring (bicyclic) bond motifs is 1. The van der Waals surface area contributed by atoms with Gasteiger partial charge in [-0.1, -0.05) is 25.9 Å². The zero-order valence-corrected chi connectivity index (χ0v) is 20.6. The first-order chi connectivity index (χ1) is 16.7. The van der Waals surface area contributed by atoms with Gasteiger partial charge < -0.3 is 29.4 Å². The highest BCUT2D eigenvalue weighted by Gasteiger charge is 2.22. The third kappa shape index (κ3) is 4.93. The van der Waals surface area contributed by atoms with Crippen molar-refractivity contribution in [3.63, 3.8) is 0 Å². The van der Waals surface area contributed by atoms with Crippen molar-refractivity contribution in [1.29, 1.82) is 0 Å². The van der Waals surface area contributed by atoms with Crippen LogP contribution in [0.25, 0.3) is 10.9 Å². The number of halogens is 1. The maximum absolute atomic E-state index is 15.2. The minimum absolute atomic E-state index is 0.0500. The Kier molecular flexibility index (Phi) is 5.84. The number of rotatable bonds is 5. The molecule has 0 amide bonds. The van der Waals surface area contributed by atoms with Crippen molar-refractivity contribution in [1.82, 2.24) is 25.0 Å². The molecule has 1 fully saturated rings. The number of hydrogen-bond donors (Lipinski definition) is 2. The fraction of sp³-hybridized carbons (Fsp3) is 0.400. The Hall–Kier alpha value is -3.66. The SMILES string of the molecule is Cc1cc2c(F)c(Oc3nc(Nc4cc(C(C)(C)C)on4)cc(N4CCN(C)CC4)n3)ccc2[nH]1. The van der Waals surface area contributed by atoms with Gasteiger partial charge in [0.2, 0.25) is 0 Å². The molecule has 9 nitrogen and oxygen atoms in total. The smallest absolute Gasteiger partial charge is 0.326 e. The number of aromatic nitrogens is 4. The van der Waals surface area contributed by atoms with E-state index in [2.05, 4.69) is 63.0 Å². The third-order valence-corrected chi connectivity index (χ3v) is 6.06. The molecule has 1 aliphatic heterocycles. The van der Waals surface area contributed by atoms with Crippen LogP contribution in [0.5, 0.6) is 11.8 Å². The average Bonchev–Trinajstić information content (AvgIpc) is 3.43. The van der Waals surface area contributed by atoms with E-state index >= 15 is 4.39 Å². The van der Waals surface area contributed by atoms with Crippen LogP contribution in [0, 0.1) is 12.7 Å². The van der Waals surface area contributed by atoms with Gasteiger partial charge in [-0.3, -0.25) is 0 Å². The van der Waals surface area contributed by atoms with Gasteiger partial charge >= 0.3 is 6.01 Å². The summed E-state index contributed by atoms with van der Waals surface area (Å²) in [5.74, 6) is 2.07. The Morgan fingerprint density at radius 3 is 2.54 bits per heavy atom. The van der Waals surface area contributed by atoms with E-state index in [1.807, 2.05) is 19.1 Å². The lowest BCUT2D eigenvalue weighted by Gasteiger charge is -2.33. The van der Waals surface area contributed by atoms with E-state index in [4.69, 9.17) is 9.26 Å². The van der Waals surface area contributed by atoms with Crippen molar-refractivity contribution in [2.45, 2.75) is 33.1 Å². The molecule has 0 saturated carbocycles. The molecular formula is C25H30FN7O2. The molecule has 0 aliphatic carbocycles. The lowest BCUT2D eigenvalue weighted by molar-refractivity contribution is 0.311. The van der Waals surface area contributed by atoms with Crippen LogP contribution < -0.4 is 15.0 Å². The van der Waals surface area contributed by atoms with Crippen molar-refractivity contribution >= 4 is 28.4 Å². The Morgan fingerprint density at radius 1 is 1.06 bits per heavy atom. The molecule has 0 bridgehead atoms. The highest BCUT2D eigenvalue weighted by molar-refractivity contribution is 5.82. The summed E-state index contributed by atoms with van der Waals surface area (Å²) < 4.78 is 26.5. The van der Waals surface area contributed by atoms with Gasteiger partial charge in [0.15, 0.2) is 17.4 Å². The first-order valence-corrected chi connectivity index (χ1v) is 11.7. The van der Waals surface area contributed by atoms with Gasteiger partial charge in [0.1, 0.15) is 17.4 Å². The number of anilines is 3. The predicted octanol–water partition coefficient (Wildman–Crippen LogP) is 4.98. The van der Waals surface area contributed by atoms with Crippen molar-refractivity contribution in [2.75, 3.05) is 43.4 Å². The molecule has 2 N–H and O–H groups in total. The van der Waals surface area contributed by atoms with Crippen LogP contribution in [-0.2, 0) is 5.41 Å². The molecule has 3 aromatic heterocycles. The van der Waals surface area contributed by atoms with E-state index in [0.717, 1.165) is 37.6 Å². The number of piperazine rings is 1. The fourth-order valence-corrected chi connectivity index (χ4v) is 4.00. The molecule has 0 unspecified atom stereocenters. The highest BCUT2D eigenvalue weighted by atomic mass is 19.1. The van der Waals surface area contributed by atoms with Crippen molar-refractivity contribution in [3.8, 4) is 11.8 Å². The number of likely N-dealkylation sites (N-methyl/N-ethyl adjacent to an activating group) is 1. The zero-order valence-electron chi connectivity index (χ0n) is 20.6. The molecule has 10 heteroatoms. The van der Waals surface area contributed by atoms with Crippen LogP contribution in [0.1, 0.15) is 32.2 Å². The van der Waals surface area contributed by atoms with Crippen LogP contribution >= 0.6 is 0 Å². The summed E-state index contributed by atoms with van der Waals surface area (Å²) in [5, 5.41) is 7.77. The van der Waals surface area contributed by atoms with Crippen LogP contribution in [0.2, 0.25) is 0 Å². The second-order valence-corrected chi connectivity index (χ2v) is 10.0. The summed E-state index contributed by atoms with van der Waals surface area (Å²) >= 11 is 0. The van der Waals surface area contributed by atoms with E-state index < -0.39 is 5.82 Å². The topological polar surface area (TPSA) is 95.3 Å². The summed E-state index contributed by atoms with van der Waals surface area (Å²) in [4.78, 5) is 16.7. The summed E-state index contributed by atoms with van der Waals surface area (Å²) in [5.41, 5.74) is 1.41. The predicted molar refractivity (Wildman–Crippen MR) is 133 cm³/mol. The van der Waals surface area contributed by atoms with Gasteiger partial charge in [-0.15, -0.1) is 0 Å². The van der Waals surface area contributed by atoms with E-state index in [-0.39, 0.29) is 17.2 Å². The lowest BCUT2D eigenvalue weighted by Crippen LogP contribution is -2.44. The number of aryl methyl sites for hydroxylation is 1. The minimum Gasteiger partial charge on any atom is -0.421 e. The molecule has 1 saturated heterocycles. The van der Waals surface area contributed by atoms with Gasteiger partial charge in [0.05, 0.1) is 0 Å². The average molecular weight is 480 g/mol. The summed E-state index contributed by atoms with van der Waals surface area (Å²) in [6, 6.07) is 8.87. The largest absolute Gasteiger partial charge is 0.421 e. The van der Waals surface area contributed by atoms with Crippen LogP contribution in [0.4, 0.5) is 21.8 Å². The summed E-state index contributed by atoms with van der Waals surface area (Å²) in [6.45, 7) is 11.5. The first kappa shape index (κ1) is 23.1. The molecule has 184 valence electrons. The highest BCUT2D eigenvalue weighted by Crippen LogP contribution is 2.32. The van der Waals surface area contributed by atoms with E-state index in [1.54, 1.807) is 18.2 Å². The quantitative estimate of drug-likeness (QED) is 0.414. The van der Waals surface area contributed by atoms with E-state index in [1.165, 1.54) is 0 Å². The molecule has 0 atom stereocenters. The Bertz CT molecular complexity index is 1350. The first-order valence-electron chi connectivity index (χ1n) is 11.7. The maximum atomic E-state index is 15.2. The van der Waals surface area contributed by atoms with Gasteiger partial charge in [0, 0.05) is 60.3 Å². The normalized spacial score (nSPS) is 15.1. The molecule has 0 spiro atoms. The summed E-state index contributed by atoms with van der Waals surface area (Å²) in [7, 11) is 2.10. The van der Waals surface area contributed by atoms with Crippen LogP contribution in [-0.4, -0.2) is 58.2 Å². The number of nitrogens with zero attached hydrogens (tertiary/aromatic N) is 5. The Morgan fingerprint density at radius 2 is 1.83 bits per heavy atom. The summed E-state index contributed by atoms with van der Waals surface area (Å²) in [6.07, 6.45) is 0. The second kappa shape index (κ2) is 8.84. The Labute approximate surface area is 203 Å². The van der Waals surface area contributed by atoms with E-state index in [0.29, 0.717) is 28.4 Å². The van der Waals surface area contributed by atoms with Gasteiger partial charge in [-0.05, 0) is 32.2 Å². The molecular weight excluding hydrogens is 449 g/mol. The number of H-pyrrole nitrogens is 1. The third-order valence-electron chi connectivity index (χ3n) is 6.06. The van der Waals surface area contributed by atoms with Crippen molar-refractivity contribution < 1.29 is 13.7 Å². The molecule has 1 aromatic carbocycles. The molecule has 4 heterocycles. The van der Waals surface area contributed by atoms with Crippen LogP contribution in [0.3, 0.4) is 0 Å². The molecule has 4 aromatic rings. The standard InChI is InChI=1S/C25H30FN7O2/c1-15-12-16-17(27-15)6-7-18(23(16)26)34-24-29-20(28-21-13-19(35-31-21)25(2,3)4)14-22(30-24)33-10-8-32(5)9-11-33/h6-7,12-14,27H,8-11H2,1-5H3,(H,28,29,30,31). The van der Waals surface area contributed by atoms with Gasteiger partial charge in [0.25, 0.3) is 0 Å². The van der Waals surface area contributed by atoms with Gasteiger partial charge in [-0.25, -0.2) is 4.39 Å². The van der Waals surface area contributed by atoms with E-state index in [9.17, 15) is 0 Å². The molecule has 0 radical (unpaired) electrons. The number of aromatic amines is 1. The molecule has 5 rings (SSSR count). The van der Waals surface area contributed by atoms with Gasteiger partial charge in [-0.2, -0.15) is 9.97 Å². The Balaban J connectivity index is 1.48. The number of ether oxygens (including phenoxy) is 1. The molecule has 1 aliphatic rings. The molecule has 35 heavy (non-hydrogen) atoms. The monoisotopic (exact) mass is 479 g/mol. The second-order valence-electron chi connectivity index (χ2n) is 10.0. The number of hydrogen-bond acceptors (Lipinski definition) is 8. The van der Waals surface area contributed by atoms with Crippen molar-refractivity contribution in [2.24, 2.45) is 0 Å². The van der Waals surface area contributed by atoms with Crippen molar-refractivity contribution in [3.05, 3.63) is 47.6 Å².